The SMILES string of the molecule is CCCCN(C(=O)c1cc(Br)ccc1F)c1c(N)n(CC(C)C)c(=O)[nH]c1=O. The molecule has 7 nitrogen and oxygen atoms in total. The van der Waals surface area contributed by atoms with Crippen LogP contribution in [0.3, 0.4) is 0 Å². The number of carbonyl (C=O) groups is 1. The van der Waals surface area contributed by atoms with Gasteiger partial charge in [0.25, 0.3) is 11.5 Å². The molecule has 0 unspecified atom stereocenters. The standard InChI is InChI=1S/C19H24BrFN4O3/c1-4-5-8-24(18(27)13-9-12(20)6-7-14(13)21)15-16(22)25(10-11(2)3)19(28)23-17(15)26/h6-7,9,11H,4-5,8,10,22H2,1-3H3,(H,23,26,28). The molecular formula is C19H24BrFN4O3. The van der Waals surface area contributed by atoms with Crippen molar-refractivity contribution in [3.05, 3.63) is 54.9 Å². The molecule has 0 aliphatic heterocycles. The number of unbranched alkanes of at least 4 members (excludes halogenated alkanes) is 1. The summed E-state index contributed by atoms with van der Waals surface area (Å²) in [6.07, 6.45) is 1.32. The van der Waals surface area contributed by atoms with Crippen LogP contribution in [0, 0.1) is 11.7 Å². The van der Waals surface area contributed by atoms with Gasteiger partial charge in [-0.3, -0.25) is 19.1 Å². The monoisotopic (exact) mass is 454 g/mol. The number of nitrogens with two attached hydrogens (primary N) is 1. The van der Waals surface area contributed by atoms with Gasteiger partial charge in [-0.2, -0.15) is 0 Å². The smallest absolute Gasteiger partial charge is 0.330 e. The van der Waals surface area contributed by atoms with Crippen LogP contribution in [-0.4, -0.2) is 22.0 Å². The molecule has 2 rings (SSSR count). The van der Waals surface area contributed by atoms with E-state index >= 15 is 0 Å². The van der Waals surface area contributed by atoms with Crippen LogP contribution in [0.2, 0.25) is 0 Å². The second kappa shape index (κ2) is 9.18. The summed E-state index contributed by atoms with van der Waals surface area (Å²) in [5.74, 6) is -1.43. The maximum absolute atomic E-state index is 14.3. The predicted molar refractivity (Wildman–Crippen MR) is 111 cm³/mol. The number of benzene rings is 1. The van der Waals surface area contributed by atoms with Crippen LogP contribution in [0.25, 0.3) is 0 Å². The lowest BCUT2D eigenvalue weighted by Gasteiger charge is -2.25. The van der Waals surface area contributed by atoms with Crippen molar-refractivity contribution in [2.24, 2.45) is 5.92 Å². The summed E-state index contributed by atoms with van der Waals surface area (Å²) >= 11 is 3.22. The van der Waals surface area contributed by atoms with Crippen molar-refractivity contribution in [1.29, 1.82) is 0 Å². The molecule has 0 spiro atoms. The Labute approximate surface area is 170 Å². The zero-order valence-electron chi connectivity index (χ0n) is 16.1. The van der Waals surface area contributed by atoms with E-state index in [-0.39, 0.29) is 36.1 Å². The maximum atomic E-state index is 14.3. The number of amides is 1. The number of nitrogens with zero attached hydrogens (tertiary/aromatic N) is 2. The van der Waals surface area contributed by atoms with Crippen LogP contribution < -0.4 is 21.9 Å². The van der Waals surface area contributed by atoms with Gasteiger partial charge in [0.15, 0.2) is 5.69 Å². The number of rotatable bonds is 7. The molecule has 9 heteroatoms. The number of nitrogens with one attached hydrogen (secondary N) is 1. The first-order valence-corrected chi connectivity index (χ1v) is 9.86. The molecule has 0 saturated heterocycles. The van der Waals surface area contributed by atoms with E-state index in [0.717, 1.165) is 11.3 Å². The zero-order valence-corrected chi connectivity index (χ0v) is 17.7. The van der Waals surface area contributed by atoms with Gasteiger partial charge in [-0.1, -0.05) is 43.1 Å². The molecule has 0 saturated carbocycles. The lowest BCUT2D eigenvalue weighted by Crippen LogP contribution is -2.42. The number of halogens is 2. The molecule has 1 amide bonds. The predicted octanol–water partition coefficient (Wildman–Crippen LogP) is 3.12. The van der Waals surface area contributed by atoms with Crippen molar-refractivity contribution >= 4 is 33.3 Å². The van der Waals surface area contributed by atoms with Crippen LogP contribution in [0.15, 0.2) is 32.3 Å². The van der Waals surface area contributed by atoms with Gasteiger partial charge in [-0.05, 0) is 30.5 Å². The fraction of sp³-hybridized carbons (Fsp3) is 0.421. The van der Waals surface area contributed by atoms with E-state index in [0.29, 0.717) is 10.9 Å². The Hall–Kier alpha value is -2.42. The van der Waals surface area contributed by atoms with E-state index in [1.165, 1.54) is 22.8 Å². The number of H-pyrrole nitrogens is 1. The molecule has 0 aliphatic rings. The average molecular weight is 455 g/mol. The fourth-order valence-corrected chi connectivity index (χ4v) is 3.18. The minimum atomic E-state index is -0.776. The highest BCUT2D eigenvalue weighted by molar-refractivity contribution is 9.10. The van der Waals surface area contributed by atoms with Gasteiger partial charge in [0.1, 0.15) is 11.6 Å². The molecule has 152 valence electrons. The Morgan fingerprint density at radius 3 is 2.64 bits per heavy atom. The summed E-state index contributed by atoms with van der Waals surface area (Å²) in [6, 6.07) is 4.00. The molecule has 28 heavy (non-hydrogen) atoms. The van der Waals surface area contributed by atoms with Crippen LogP contribution in [0.5, 0.6) is 0 Å². The Morgan fingerprint density at radius 2 is 2.04 bits per heavy atom. The topological polar surface area (TPSA) is 101 Å². The number of anilines is 2. The third-order valence-electron chi connectivity index (χ3n) is 4.17. The molecule has 1 aromatic carbocycles. The number of hydrogen-bond acceptors (Lipinski definition) is 4. The van der Waals surface area contributed by atoms with E-state index in [2.05, 4.69) is 20.9 Å². The lowest BCUT2D eigenvalue weighted by molar-refractivity contribution is 0.0982. The number of carbonyl (C=O) groups excluding carboxylic acids is 1. The van der Waals surface area contributed by atoms with Crippen molar-refractivity contribution in [2.45, 2.75) is 40.2 Å². The summed E-state index contributed by atoms with van der Waals surface area (Å²) in [5, 5.41) is 0. The third kappa shape index (κ3) is 4.70. The molecule has 2 aromatic rings. The lowest BCUT2D eigenvalue weighted by atomic mass is 10.1. The second-order valence-corrected chi connectivity index (χ2v) is 7.85. The van der Waals surface area contributed by atoms with Crippen molar-refractivity contribution in [1.82, 2.24) is 9.55 Å². The van der Waals surface area contributed by atoms with Crippen LogP contribution >= 0.6 is 15.9 Å². The first-order valence-electron chi connectivity index (χ1n) is 9.06. The minimum Gasteiger partial charge on any atom is -0.383 e. The fourth-order valence-electron chi connectivity index (χ4n) is 2.82. The van der Waals surface area contributed by atoms with Crippen LogP contribution in [0.4, 0.5) is 15.9 Å². The Morgan fingerprint density at radius 1 is 1.36 bits per heavy atom. The van der Waals surface area contributed by atoms with Gasteiger partial charge in [0.2, 0.25) is 0 Å². The first-order chi connectivity index (χ1) is 13.2. The molecular weight excluding hydrogens is 431 g/mol. The Balaban J connectivity index is 2.66. The third-order valence-corrected chi connectivity index (χ3v) is 4.66. The first kappa shape index (κ1) is 21.9. The highest BCUT2D eigenvalue weighted by atomic mass is 79.9. The average Bonchev–Trinajstić information content (AvgIpc) is 2.62. The van der Waals surface area contributed by atoms with Gasteiger partial charge < -0.3 is 10.6 Å². The van der Waals surface area contributed by atoms with E-state index in [1.807, 2.05) is 20.8 Å². The van der Waals surface area contributed by atoms with Crippen LogP contribution in [0.1, 0.15) is 44.0 Å². The summed E-state index contributed by atoms with van der Waals surface area (Å²) in [4.78, 5) is 41.2. The minimum absolute atomic E-state index is 0.0843. The van der Waals surface area contributed by atoms with E-state index in [1.54, 1.807) is 0 Å². The van der Waals surface area contributed by atoms with E-state index < -0.39 is 23.0 Å². The highest BCUT2D eigenvalue weighted by Crippen LogP contribution is 2.23. The van der Waals surface area contributed by atoms with E-state index in [4.69, 9.17) is 5.73 Å². The Bertz CT molecular complexity index is 984. The quantitative estimate of drug-likeness (QED) is 0.670. The van der Waals surface area contributed by atoms with Gasteiger partial charge in [-0.15, -0.1) is 0 Å². The number of aromatic amines is 1. The molecule has 0 fully saturated rings. The van der Waals surface area contributed by atoms with Gasteiger partial charge in [-0.25, -0.2) is 9.18 Å². The summed E-state index contributed by atoms with van der Waals surface area (Å²) in [7, 11) is 0. The zero-order chi connectivity index (χ0) is 21.0. The maximum Gasteiger partial charge on any atom is 0.330 e. The normalized spacial score (nSPS) is 11.1. The van der Waals surface area contributed by atoms with Crippen LogP contribution in [-0.2, 0) is 6.54 Å². The largest absolute Gasteiger partial charge is 0.383 e. The molecule has 0 bridgehead atoms. The van der Waals surface area contributed by atoms with Crippen molar-refractivity contribution in [3.8, 4) is 0 Å². The molecule has 1 aromatic heterocycles. The Kier molecular flexibility index (Phi) is 7.17. The van der Waals surface area contributed by atoms with Gasteiger partial charge >= 0.3 is 5.69 Å². The molecule has 0 radical (unpaired) electrons. The van der Waals surface area contributed by atoms with Gasteiger partial charge in [0.05, 0.1) is 5.56 Å². The van der Waals surface area contributed by atoms with Gasteiger partial charge in [0, 0.05) is 17.6 Å². The van der Waals surface area contributed by atoms with Crippen molar-refractivity contribution in [2.75, 3.05) is 17.2 Å². The second-order valence-electron chi connectivity index (χ2n) is 6.93. The van der Waals surface area contributed by atoms with Crippen molar-refractivity contribution < 1.29 is 9.18 Å². The highest BCUT2D eigenvalue weighted by Gasteiger charge is 2.27. The molecule has 0 aliphatic carbocycles. The summed E-state index contributed by atoms with van der Waals surface area (Å²) < 4.78 is 16.0. The number of hydrogen-bond donors (Lipinski definition) is 2. The van der Waals surface area contributed by atoms with Crippen molar-refractivity contribution in [3.63, 3.8) is 0 Å². The summed E-state index contributed by atoms with van der Waals surface area (Å²) in [5.41, 5.74) is 4.39. The summed E-state index contributed by atoms with van der Waals surface area (Å²) in [6.45, 7) is 6.15. The van der Waals surface area contributed by atoms with E-state index in [9.17, 15) is 18.8 Å². The number of nitrogen functional groups attached to an aromatic ring is 1. The number of aromatic nitrogens is 2. The molecule has 3 N–H and O–H groups in total. The molecule has 0 atom stereocenters. The molecule has 1 heterocycles.